The average Bonchev–Trinajstić information content (AvgIpc) is 3.88. The van der Waals surface area contributed by atoms with Crippen LogP contribution in [0.2, 0.25) is 0 Å². The largest absolute Gasteiger partial charge is 0.366 e. The molecule has 0 spiro atoms. The van der Waals surface area contributed by atoms with E-state index in [0.717, 1.165) is 12.2 Å². The highest BCUT2D eigenvalue weighted by atomic mass is 15.2. The van der Waals surface area contributed by atoms with E-state index in [9.17, 15) is 0 Å². The maximum atomic E-state index is 4.76. The Labute approximate surface area is 325 Å². The molecule has 2 saturated carbocycles. The SMILES string of the molecule is C1=C(c2c(C3CCCCC3)cccc2C2CCCCC2)NC(c2cc(Cc3ccc4c5ccccc5n(-c5ccccn5)c4c3)ccc2-c2ccccc2)N1. The normalized spacial score (nSPS) is 18.0. The van der Waals surface area contributed by atoms with Crippen LogP contribution in [0.1, 0.15) is 116 Å². The van der Waals surface area contributed by atoms with Crippen LogP contribution in [0.5, 0.6) is 0 Å². The Balaban J connectivity index is 1.02. The molecule has 0 amide bonds. The first-order valence-corrected chi connectivity index (χ1v) is 20.8. The highest BCUT2D eigenvalue weighted by Crippen LogP contribution is 2.44. The summed E-state index contributed by atoms with van der Waals surface area (Å²) in [4.78, 5) is 4.76. The Morgan fingerprint density at radius 1 is 0.564 bits per heavy atom. The summed E-state index contributed by atoms with van der Waals surface area (Å²) in [6, 6.07) is 47.1. The standard InChI is InChI=1S/C51H50N4/c1-4-15-37(16-5-1)40-28-26-35(31-36-27-29-44-43-21-10-11-24-47(43)55(48(44)33-36)49-25-12-13-30-52-49)32-45(40)51-53-34-46(54-51)50-41(38-17-6-2-7-18-38)22-14-23-42(50)39-19-8-3-9-20-39/h1,4-5,10-16,21-30,32-34,38-39,51,53-54H,2-3,6-9,17-20,31H2. The molecule has 2 aromatic heterocycles. The molecule has 0 saturated heterocycles. The van der Waals surface area contributed by atoms with Crippen molar-refractivity contribution in [1.29, 1.82) is 0 Å². The van der Waals surface area contributed by atoms with Gasteiger partial charge in [0, 0.05) is 34.3 Å². The summed E-state index contributed by atoms with van der Waals surface area (Å²) in [5.74, 6) is 2.23. The second-order valence-electron chi connectivity index (χ2n) is 16.1. The Morgan fingerprint density at radius 2 is 1.24 bits per heavy atom. The van der Waals surface area contributed by atoms with Crippen molar-refractivity contribution < 1.29 is 0 Å². The molecule has 3 heterocycles. The van der Waals surface area contributed by atoms with Gasteiger partial charge < -0.3 is 10.6 Å². The fraction of sp³-hybridized carbons (Fsp3) is 0.275. The molecule has 2 aliphatic carbocycles. The summed E-state index contributed by atoms with van der Waals surface area (Å²) in [7, 11) is 0. The lowest BCUT2D eigenvalue weighted by Crippen LogP contribution is -2.24. The van der Waals surface area contributed by atoms with Crippen LogP contribution in [-0.4, -0.2) is 9.55 Å². The quantitative estimate of drug-likeness (QED) is 0.164. The van der Waals surface area contributed by atoms with Crippen molar-refractivity contribution in [3.63, 3.8) is 0 Å². The number of rotatable bonds is 8. The minimum Gasteiger partial charge on any atom is -0.366 e. The Morgan fingerprint density at radius 3 is 1.98 bits per heavy atom. The van der Waals surface area contributed by atoms with Crippen LogP contribution in [-0.2, 0) is 6.42 Å². The molecule has 4 heteroatoms. The maximum absolute atomic E-state index is 4.76. The van der Waals surface area contributed by atoms with Crippen molar-refractivity contribution in [3.05, 3.63) is 173 Å². The predicted molar refractivity (Wildman–Crippen MR) is 228 cm³/mol. The first kappa shape index (κ1) is 33.9. The minimum absolute atomic E-state index is 0.0297. The first-order chi connectivity index (χ1) is 27.3. The summed E-state index contributed by atoms with van der Waals surface area (Å²) in [5, 5.41) is 10.5. The van der Waals surface area contributed by atoms with Crippen molar-refractivity contribution in [2.45, 2.75) is 88.6 Å². The Hall–Kier alpha value is -5.61. The van der Waals surface area contributed by atoms with Crippen molar-refractivity contribution in [2.75, 3.05) is 0 Å². The van der Waals surface area contributed by atoms with Crippen molar-refractivity contribution in [2.24, 2.45) is 0 Å². The van der Waals surface area contributed by atoms with Gasteiger partial charge in [-0.3, -0.25) is 4.57 Å². The van der Waals surface area contributed by atoms with E-state index in [1.165, 1.54) is 125 Å². The van der Waals surface area contributed by atoms with Crippen LogP contribution in [0.15, 0.2) is 140 Å². The molecule has 3 aliphatic rings. The molecular weight excluding hydrogens is 669 g/mol. The molecule has 55 heavy (non-hydrogen) atoms. The predicted octanol–water partition coefficient (Wildman–Crippen LogP) is 12.7. The van der Waals surface area contributed by atoms with E-state index < -0.39 is 0 Å². The van der Waals surface area contributed by atoms with Crippen LogP contribution in [0.4, 0.5) is 0 Å². The van der Waals surface area contributed by atoms with Gasteiger partial charge in [0.05, 0.1) is 16.7 Å². The van der Waals surface area contributed by atoms with E-state index in [-0.39, 0.29) is 6.17 Å². The third-order valence-corrected chi connectivity index (χ3v) is 12.7. The first-order valence-electron chi connectivity index (χ1n) is 20.8. The summed E-state index contributed by atoms with van der Waals surface area (Å²) in [5.41, 5.74) is 14.7. The highest BCUT2D eigenvalue weighted by Gasteiger charge is 2.30. The van der Waals surface area contributed by atoms with Crippen molar-refractivity contribution >= 4 is 27.5 Å². The van der Waals surface area contributed by atoms with Gasteiger partial charge in [0.25, 0.3) is 0 Å². The molecule has 2 N–H and O–H groups in total. The second-order valence-corrected chi connectivity index (χ2v) is 16.1. The molecule has 5 aromatic carbocycles. The maximum Gasteiger partial charge on any atom is 0.137 e. The molecule has 1 aliphatic heterocycles. The summed E-state index contributed by atoms with van der Waals surface area (Å²) < 4.78 is 2.31. The highest BCUT2D eigenvalue weighted by molar-refractivity contribution is 6.09. The molecule has 1 unspecified atom stereocenters. The number of aromatic nitrogens is 2. The summed E-state index contributed by atoms with van der Waals surface area (Å²) >= 11 is 0. The fourth-order valence-corrected chi connectivity index (χ4v) is 10.1. The van der Waals surface area contributed by atoms with Crippen LogP contribution in [0.3, 0.4) is 0 Å². The van der Waals surface area contributed by atoms with Gasteiger partial charge in [-0.25, -0.2) is 4.98 Å². The lowest BCUT2D eigenvalue weighted by molar-refractivity contribution is 0.434. The number of benzene rings is 5. The van der Waals surface area contributed by atoms with Gasteiger partial charge in [0.15, 0.2) is 0 Å². The molecule has 7 aromatic rings. The topological polar surface area (TPSA) is 41.9 Å². The summed E-state index contributed by atoms with van der Waals surface area (Å²) in [6.45, 7) is 0. The molecule has 0 bridgehead atoms. The lowest BCUT2D eigenvalue weighted by atomic mass is 9.76. The van der Waals surface area contributed by atoms with Gasteiger partial charge in [-0.2, -0.15) is 0 Å². The number of hydrogen-bond donors (Lipinski definition) is 2. The number of nitrogens with one attached hydrogen (secondary N) is 2. The number of pyridine rings is 1. The van der Waals surface area contributed by atoms with Gasteiger partial charge in [0.1, 0.15) is 12.0 Å². The van der Waals surface area contributed by atoms with Crippen LogP contribution >= 0.6 is 0 Å². The van der Waals surface area contributed by atoms with E-state index in [2.05, 4.69) is 143 Å². The van der Waals surface area contributed by atoms with Crippen LogP contribution in [0, 0.1) is 0 Å². The van der Waals surface area contributed by atoms with Gasteiger partial charge in [-0.15, -0.1) is 0 Å². The van der Waals surface area contributed by atoms with Gasteiger partial charge in [-0.1, -0.05) is 142 Å². The number of para-hydroxylation sites is 1. The minimum atomic E-state index is -0.0297. The van der Waals surface area contributed by atoms with E-state index in [1.54, 1.807) is 11.1 Å². The zero-order valence-electron chi connectivity index (χ0n) is 31.7. The number of hydrogen-bond acceptors (Lipinski definition) is 3. The third-order valence-electron chi connectivity index (χ3n) is 12.7. The molecule has 4 nitrogen and oxygen atoms in total. The molecule has 274 valence electrons. The van der Waals surface area contributed by atoms with E-state index in [1.807, 2.05) is 12.3 Å². The van der Waals surface area contributed by atoms with E-state index >= 15 is 0 Å². The number of nitrogens with zero attached hydrogens (tertiary/aromatic N) is 2. The zero-order chi connectivity index (χ0) is 36.6. The third kappa shape index (κ3) is 6.52. The Bertz CT molecular complexity index is 2450. The molecule has 0 radical (unpaired) electrons. The Kier molecular flexibility index (Phi) is 9.19. The smallest absolute Gasteiger partial charge is 0.137 e. The van der Waals surface area contributed by atoms with Crippen LogP contribution < -0.4 is 10.6 Å². The van der Waals surface area contributed by atoms with Crippen molar-refractivity contribution in [1.82, 2.24) is 20.2 Å². The average molecular weight is 719 g/mol. The van der Waals surface area contributed by atoms with Gasteiger partial charge >= 0.3 is 0 Å². The molecule has 1 atom stereocenters. The van der Waals surface area contributed by atoms with E-state index in [4.69, 9.17) is 4.98 Å². The summed E-state index contributed by atoms with van der Waals surface area (Å²) in [6.07, 6.45) is 18.3. The fourth-order valence-electron chi connectivity index (χ4n) is 10.1. The zero-order valence-corrected chi connectivity index (χ0v) is 31.7. The number of fused-ring (bicyclic) bond motifs is 3. The second kappa shape index (κ2) is 14.9. The monoisotopic (exact) mass is 718 g/mol. The lowest BCUT2D eigenvalue weighted by Gasteiger charge is -2.30. The van der Waals surface area contributed by atoms with Gasteiger partial charge in [0.2, 0.25) is 0 Å². The van der Waals surface area contributed by atoms with Crippen LogP contribution in [0.25, 0.3) is 44.4 Å². The van der Waals surface area contributed by atoms with Gasteiger partial charge in [-0.05, 0) is 102 Å². The molecule has 10 rings (SSSR count). The van der Waals surface area contributed by atoms with E-state index in [0.29, 0.717) is 11.8 Å². The molecular formula is C51H50N4. The van der Waals surface area contributed by atoms with Crippen molar-refractivity contribution in [3.8, 4) is 16.9 Å². The molecule has 2 fully saturated rings.